The van der Waals surface area contributed by atoms with Crippen molar-refractivity contribution in [3.8, 4) is 11.5 Å². The molecule has 0 spiro atoms. The van der Waals surface area contributed by atoms with Crippen LogP contribution in [0, 0.1) is 0 Å². The van der Waals surface area contributed by atoms with E-state index in [-0.39, 0.29) is 18.0 Å². The molecule has 5 nitrogen and oxygen atoms in total. The van der Waals surface area contributed by atoms with E-state index in [2.05, 4.69) is 24.5 Å². The molecular formula is C16H24N2O3. The van der Waals surface area contributed by atoms with E-state index >= 15 is 0 Å². The molecule has 116 valence electrons. The highest BCUT2D eigenvalue weighted by Gasteiger charge is 2.17. The molecule has 1 unspecified atom stereocenters. The molecule has 1 aliphatic heterocycles. The molecule has 2 N–H and O–H groups in total. The van der Waals surface area contributed by atoms with Crippen LogP contribution in [0.4, 0.5) is 5.69 Å². The van der Waals surface area contributed by atoms with E-state index in [0.29, 0.717) is 13.2 Å². The summed E-state index contributed by atoms with van der Waals surface area (Å²) in [6.07, 6.45) is 1.89. The van der Waals surface area contributed by atoms with Crippen molar-refractivity contribution in [2.24, 2.45) is 0 Å². The molecule has 1 aromatic rings. The van der Waals surface area contributed by atoms with Gasteiger partial charge in [-0.15, -0.1) is 0 Å². The first kappa shape index (κ1) is 15.5. The second kappa shape index (κ2) is 7.20. The lowest BCUT2D eigenvalue weighted by Crippen LogP contribution is -2.42. The Morgan fingerprint density at radius 2 is 1.86 bits per heavy atom. The predicted octanol–water partition coefficient (Wildman–Crippen LogP) is 2.56. The van der Waals surface area contributed by atoms with Crippen LogP contribution < -0.4 is 20.1 Å². The molecule has 21 heavy (non-hydrogen) atoms. The lowest BCUT2D eigenvalue weighted by atomic mass is 10.1. The van der Waals surface area contributed by atoms with Crippen molar-refractivity contribution in [2.45, 2.75) is 45.7 Å². The van der Waals surface area contributed by atoms with Gasteiger partial charge in [0.25, 0.3) is 0 Å². The van der Waals surface area contributed by atoms with Crippen LogP contribution in [-0.4, -0.2) is 31.2 Å². The molecule has 1 atom stereocenters. The fraction of sp³-hybridized carbons (Fsp3) is 0.562. The third-order valence-electron chi connectivity index (χ3n) is 3.65. The fourth-order valence-corrected chi connectivity index (χ4v) is 2.27. The maximum Gasteiger partial charge on any atom is 0.242 e. The number of anilines is 1. The Balaban J connectivity index is 1.95. The van der Waals surface area contributed by atoms with Crippen molar-refractivity contribution >= 4 is 11.6 Å². The number of fused-ring (bicyclic) bond motifs is 1. The minimum atomic E-state index is -0.298. The second-order valence-electron chi connectivity index (χ2n) is 5.25. The SMILES string of the molecule is CCC(CC)NC(=O)C(C)Nc1ccc2c(c1)OCCO2. The number of carbonyl (C=O) groups is 1. The number of ether oxygens (including phenoxy) is 2. The van der Waals surface area contributed by atoms with Gasteiger partial charge >= 0.3 is 0 Å². The standard InChI is InChI=1S/C16H24N2O3/c1-4-12(5-2)18-16(19)11(3)17-13-6-7-14-15(10-13)21-9-8-20-14/h6-7,10-12,17H,4-5,8-9H2,1-3H3,(H,18,19). The molecule has 0 radical (unpaired) electrons. The fourth-order valence-electron chi connectivity index (χ4n) is 2.27. The summed E-state index contributed by atoms with van der Waals surface area (Å²) in [5.74, 6) is 1.48. The largest absolute Gasteiger partial charge is 0.486 e. The highest BCUT2D eigenvalue weighted by atomic mass is 16.6. The van der Waals surface area contributed by atoms with Crippen LogP contribution in [0.2, 0.25) is 0 Å². The third-order valence-corrected chi connectivity index (χ3v) is 3.65. The highest BCUT2D eigenvalue weighted by molar-refractivity contribution is 5.84. The van der Waals surface area contributed by atoms with Gasteiger partial charge in [-0.05, 0) is 31.9 Å². The average Bonchev–Trinajstić information content (AvgIpc) is 2.52. The van der Waals surface area contributed by atoms with Crippen LogP contribution in [0.3, 0.4) is 0 Å². The van der Waals surface area contributed by atoms with E-state index in [1.165, 1.54) is 0 Å². The van der Waals surface area contributed by atoms with E-state index < -0.39 is 0 Å². The summed E-state index contributed by atoms with van der Waals surface area (Å²) in [5, 5.41) is 6.24. The first-order chi connectivity index (χ1) is 10.1. The topological polar surface area (TPSA) is 59.6 Å². The van der Waals surface area contributed by atoms with Gasteiger partial charge < -0.3 is 20.1 Å². The van der Waals surface area contributed by atoms with Gasteiger partial charge in [0.15, 0.2) is 11.5 Å². The van der Waals surface area contributed by atoms with Gasteiger partial charge in [0.05, 0.1) is 0 Å². The summed E-state index contributed by atoms with van der Waals surface area (Å²) in [6, 6.07) is 5.57. The third kappa shape index (κ3) is 4.03. The van der Waals surface area contributed by atoms with Crippen LogP contribution in [0.5, 0.6) is 11.5 Å². The Morgan fingerprint density at radius 1 is 1.19 bits per heavy atom. The molecule has 0 fully saturated rings. The zero-order chi connectivity index (χ0) is 15.2. The molecular weight excluding hydrogens is 268 g/mol. The summed E-state index contributed by atoms with van der Waals surface area (Å²) in [4.78, 5) is 12.1. The number of rotatable bonds is 6. The Kier molecular flexibility index (Phi) is 5.31. The summed E-state index contributed by atoms with van der Waals surface area (Å²) in [5.41, 5.74) is 0.853. The van der Waals surface area contributed by atoms with Crippen LogP contribution in [0.15, 0.2) is 18.2 Å². The highest BCUT2D eigenvalue weighted by Crippen LogP contribution is 2.32. The van der Waals surface area contributed by atoms with E-state index in [1.807, 2.05) is 25.1 Å². The molecule has 0 saturated heterocycles. The van der Waals surface area contributed by atoms with Crippen LogP contribution >= 0.6 is 0 Å². The van der Waals surface area contributed by atoms with Crippen molar-refractivity contribution in [1.29, 1.82) is 0 Å². The molecule has 0 aliphatic carbocycles. The van der Waals surface area contributed by atoms with Crippen molar-refractivity contribution in [2.75, 3.05) is 18.5 Å². The van der Waals surface area contributed by atoms with Crippen molar-refractivity contribution in [1.82, 2.24) is 5.32 Å². The Morgan fingerprint density at radius 3 is 2.52 bits per heavy atom. The lowest BCUT2D eigenvalue weighted by molar-refractivity contribution is -0.122. The minimum absolute atomic E-state index is 0.0126. The van der Waals surface area contributed by atoms with Gasteiger partial charge in [-0.3, -0.25) is 4.79 Å². The maximum absolute atomic E-state index is 12.1. The molecule has 1 amide bonds. The average molecular weight is 292 g/mol. The number of nitrogens with one attached hydrogen (secondary N) is 2. The summed E-state index contributed by atoms with van der Waals surface area (Å²) >= 11 is 0. The smallest absolute Gasteiger partial charge is 0.242 e. The monoisotopic (exact) mass is 292 g/mol. The van der Waals surface area contributed by atoms with E-state index in [1.54, 1.807) is 0 Å². The first-order valence-electron chi connectivity index (χ1n) is 7.60. The van der Waals surface area contributed by atoms with Gasteiger partial charge in [-0.25, -0.2) is 0 Å². The number of hydrogen-bond donors (Lipinski definition) is 2. The van der Waals surface area contributed by atoms with Crippen molar-refractivity contribution in [3.63, 3.8) is 0 Å². The van der Waals surface area contributed by atoms with Crippen LogP contribution in [0.25, 0.3) is 0 Å². The van der Waals surface area contributed by atoms with Crippen LogP contribution in [0.1, 0.15) is 33.6 Å². The van der Waals surface area contributed by atoms with E-state index in [0.717, 1.165) is 30.0 Å². The number of amides is 1. The van der Waals surface area contributed by atoms with Gasteiger partial charge in [-0.1, -0.05) is 13.8 Å². The summed E-state index contributed by atoms with van der Waals surface area (Å²) < 4.78 is 11.0. The molecule has 1 heterocycles. The van der Waals surface area contributed by atoms with Gasteiger partial charge in [0.1, 0.15) is 19.3 Å². The zero-order valence-electron chi connectivity index (χ0n) is 12.9. The number of benzene rings is 1. The molecule has 0 saturated carbocycles. The molecule has 0 bridgehead atoms. The predicted molar refractivity (Wildman–Crippen MR) is 83.0 cm³/mol. The molecule has 0 aromatic heterocycles. The minimum Gasteiger partial charge on any atom is -0.486 e. The molecule has 5 heteroatoms. The van der Waals surface area contributed by atoms with Gasteiger partial charge in [-0.2, -0.15) is 0 Å². The second-order valence-corrected chi connectivity index (χ2v) is 5.25. The quantitative estimate of drug-likeness (QED) is 0.846. The Labute approximate surface area is 126 Å². The van der Waals surface area contributed by atoms with E-state index in [9.17, 15) is 4.79 Å². The van der Waals surface area contributed by atoms with Crippen molar-refractivity contribution < 1.29 is 14.3 Å². The van der Waals surface area contributed by atoms with Crippen molar-refractivity contribution in [3.05, 3.63) is 18.2 Å². The Bertz CT molecular complexity index is 486. The lowest BCUT2D eigenvalue weighted by Gasteiger charge is -2.22. The van der Waals surface area contributed by atoms with Crippen LogP contribution in [-0.2, 0) is 4.79 Å². The molecule has 1 aliphatic rings. The Hall–Kier alpha value is -1.91. The summed E-state index contributed by atoms with van der Waals surface area (Å²) in [6.45, 7) is 7.14. The van der Waals surface area contributed by atoms with Gasteiger partial charge in [0.2, 0.25) is 5.91 Å². The van der Waals surface area contributed by atoms with Gasteiger partial charge in [0, 0.05) is 17.8 Å². The zero-order valence-corrected chi connectivity index (χ0v) is 12.9. The maximum atomic E-state index is 12.1. The molecule has 1 aromatic carbocycles. The summed E-state index contributed by atoms with van der Waals surface area (Å²) in [7, 11) is 0. The molecule has 2 rings (SSSR count). The number of hydrogen-bond acceptors (Lipinski definition) is 4. The number of carbonyl (C=O) groups excluding carboxylic acids is 1. The first-order valence-corrected chi connectivity index (χ1v) is 7.60. The normalized spacial score (nSPS) is 14.7. The van der Waals surface area contributed by atoms with E-state index in [4.69, 9.17) is 9.47 Å².